The Morgan fingerprint density at radius 2 is 1.63 bits per heavy atom. The van der Waals surface area contributed by atoms with E-state index in [1.807, 2.05) is 6.92 Å². The summed E-state index contributed by atoms with van der Waals surface area (Å²) in [6, 6.07) is 6.30. The van der Waals surface area contributed by atoms with Gasteiger partial charge in [0.25, 0.3) is 0 Å². The minimum absolute atomic E-state index is 0.289. The lowest BCUT2D eigenvalue weighted by molar-refractivity contribution is -0.0896. The van der Waals surface area contributed by atoms with Crippen molar-refractivity contribution in [2.45, 2.75) is 59.0 Å². The first-order chi connectivity index (χ1) is 8.64. The average molecular weight is 260 g/mol. The van der Waals surface area contributed by atoms with Gasteiger partial charge in [-0.1, -0.05) is 30.4 Å². The molecule has 19 heavy (non-hydrogen) atoms. The molecular formula is C17H24O2. The van der Waals surface area contributed by atoms with Gasteiger partial charge >= 0.3 is 0 Å². The van der Waals surface area contributed by atoms with Gasteiger partial charge in [-0.25, -0.2) is 0 Å². The number of hydrogen-bond acceptors (Lipinski definition) is 2. The third-order valence-electron chi connectivity index (χ3n) is 4.24. The number of benzene rings is 1. The van der Waals surface area contributed by atoms with E-state index in [0.29, 0.717) is 0 Å². The molecule has 2 rings (SSSR count). The van der Waals surface area contributed by atoms with Crippen LogP contribution >= 0.6 is 0 Å². The Labute approximate surface area is 116 Å². The van der Waals surface area contributed by atoms with Crippen molar-refractivity contribution in [3.05, 3.63) is 41.5 Å². The molecule has 1 fully saturated rings. The van der Waals surface area contributed by atoms with E-state index in [4.69, 9.17) is 9.47 Å². The van der Waals surface area contributed by atoms with Crippen LogP contribution in [-0.2, 0) is 9.47 Å². The van der Waals surface area contributed by atoms with Gasteiger partial charge in [-0.2, -0.15) is 0 Å². The van der Waals surface area contributed by atoms with Crippen molar-refractivity contribution in [3.8, 4) is 0 Å². The van der Waals surface area contributed by atoms with E-state index in [9.17, 15) is 0 Å². The molecule has 0 radical (unpaired) electrons. The largest absolute Gasteiger partial charge is 0.339 e. The number of allylic oxidation sites excluding steroid dienone is 1. The van der Waals surface area contributed by atoms with Gasteiger partial charge in [0.2, 0.25) is 0 Å². The predicted octanol–water partition coefficient (Wildman–Crippen LogP) is 4.63. The molecule has 1 aliphatic heterocycles. The van der Waals surface area contributed by atoms with Crippen LogP contribution in [-0.4, -0.2) is 11.2 Å². The third-order valence-corrected chi connectivity index (χ3v) is 4.24. The van der Waals surface area contributed by atoms with Crippen molar-refractivity contribution < 1.29 is 9.47 Å². The van der Waals surface area contributed by atoms with Crippen LogP contribution in [0.15, 0.2) is 24.8 Å². The van der Waals surface area contributed by atoms with Crippen LogP contribution in [0.1, 0.15) is 57.6 Å². The zero-order valence-electron chi connectivity index (χ0n) is 12.8. The number of aryl methyl sites for hydroxylation is 1. The van der Waals surface area contributed by atoms with Gasteiger partial charge in [0.05, 0.1) is 11.2 Å². The molecule has 0 aromatic heterocycles. The molecule has 0 N–H and O–H groups in total. The summed E-state index contributed by atoms with van der Waals surface area (Å²) in [5, 5.41) is 0. The molecule has 1 aromatic rings. The molecule has 1 saturated heterocycles. The second kappa shape index (κ2) is 4.46. The molecule has 1 heterocycles. The van der Waals surface area contributed by atoms with Crippen molar-refractivity contribution in [3.63, 3.8) is 0 Å². The normalized spacial score (nSPS) is 21.6. The highest BCUT2D eigenvalue weighted by atomic mass is 16.7. The monoisotopic (exact) mass is 260 g/mol. The van der Waals surface area contributed by atoms with Crippen LogP contribution < -0.4 is 0 Å². The maximum absolute atomic E-state index is 6.06. The van der Waals surface area contributed by atoms with E-state index in [0.717, 1.165) is 11.1 Å². The lowest BCUT2D eigenvalue weighted by atomic mass is 9.90. The Kier molecular flexibility index (Phi) is 3.36. The summed E-state index contributed by atoms with van der Waals surface area (Å²) in [5.41, 5.74) is 3.97. The smallest absolute Gasteiger partial charge is 0.185 e. The zero-order chi connectivity index (χ0) is 14.4. The third kappa shape index (κ3) is 2.47. The van der Waals surface area contributed by atoms with E-state index >= 15 is 0 Å². The SMILES string of the molecule is C=C(C)c1ccc(C2OC(C)(C)C(C)(C)O2)cc1C. The molecule has 0 aliphatic carbocycles. The molecular weight excluding hydrogens is 236 g/mol. The fourth-order valence-corrected chi connectivity index (χ4v) is 2.29. The van der Waals surface area contributed by atoms with E-state index in [2.05, 4.69) is 59.4 Å². The van der Waals surface area contributed by atoms with Crippen LogP contribution in [0.25, 0.3) is 5.57 Å². The highest BCUT2D eigenvalue weighted by Crippen LogP contribution is 2.44. The predicted molar refractivity (Wildman–Crippen MR) is 79.0 cm³/mol. The number of ether oxygens (including phenoxy) is 2. The Morgan fingerprint density at radius 1 is 1.11 bits per heavy atom. The summed E-state index contributed by atoms with van der Waals surface area (Å²) < 4.78 is 12.1. The average Bonchev–Trinajstić information content (AvgIpc) is 2.47. The first-order valence-corrected chi connectivity index (χ1v) is 6.76. The Balaban J connectivity index is 2.31. The van der Waals surface area contributed by atoms with Crippen LogP contribution in [0.4, 0.5) is 0 Å². The summed E-state index contributed by atoms with van der Waals surface area (Å²) in [6.07, 6.45) is -0.289. The van der Waals surface area contributed by atoms with Crippen molar-refractivity contribution >= 4 is 5.57 Å². The van der Waals surface area contributed by atoms with Gasteiger partial charge < -0.3 is 9.47 Å². The maximum Gasteiger partial charge on any atom is 0.185 e. The van der Waals surface area contributed by atoms with Gasteiger partial charge in [0, 0.05) is 5.56 Å². The summed E-state index contributed by atoms with van der Waals surface area (Å²) in [7, 11) is 0. The van der Waals surface area contributed by atoms with Gasteiger partial charge in [0.15, 0.2) is 6.29 Å². The van der Waals surface area contributed by atoms with E-state index in [-0.39, 0.29) is 17.5 Å². The van der Waals surface area contributed by atoms with Crippen molar-refractivity contribution in [2.75, 3.05) is 0 Å². The highest BCUT2D eigenvalue weighted by molar-refractivity contribution is 5.64. The van der Waals surface area contributed by atoms with Crippen molar-refractivity contribution in [1.29, 1.82) is 0 Å². The van der Waals surface area contributed by atoms with Gasteiger partial charge in [-0.3, -0.25) is 0 Å². The van der Waals surface area contributed by atoms with Crippen molar-refractivity contribution in [1.82, 2.24) is 0 Å². The quantitative estimate of drug-likeness (QED) is 0.771. The lowest BCUT2D eigenvalue weighted by Gasteiger charge is -2.30. The first-order valence-electron chi connectivity index (χ1n) is 6.76. The van der Waals surface area contributed by atoms with Crippen molar-refractivity contribution in [2.24, 2.45) is 0 Å². The number of rotatable bonds is 2. The van der Waals surface area contributed by atoms with Gasteiger partial charge in [-0.05, 0) is 52.7 Å². The molecule has 1 aromatic carbocycles. The molecule has 0 atom stereocenters. The molecule has 2 nitrogen and oxygen atoms in total. The van der Waals surface area contributed by atoms with E-state index < -0.39 is 0 Å². The van der Waals surface area contributed by atoms with Gasteiger partial charge in [0.1, 0.15) is 0 Å². The highest BCUT2D eigenvalue weighted by Gasteiger charge is 2.49. The second-order valence-electron chi connectivity index (χ2n) is 6.44. The minimum atomic E-state index is -0.293. The summed E-state index contributed by atoms with van der Waals surface area (Å²) in [5.74, 6) is 0. The number of hydrogen-bond donors (Lipinski definition) is 0. The fraction of sp³-hybridized carbons (Fsp3) is 0.529. The lowest BCUT2D eigenvalue weighted by Crippen LogP contribution is -2.41. The molecule has 104 valence electrons. The molecule has 0 spiro atoms. The molecule has 0 amide bonds. The topological polar surface area (TPSA) is 18.5 Å². The summed E-state index contributed by atoms with van der Waals surface area (Å²) >= 11 is 0. The zero-order valence-corrected chi connectivity index (χ0v) is 12.8. The standard InChI is InChI=1S/C17H24O2/c1-11(2)14-9-8-13(10-12(14)3)15-18-16(4,5)17(6,7)19-15/h8-10,15H,1H2,2-7H3. The Hall–Kier alpha value is -1.12. The Bertz CT molecular complexity index is 496. The van der Waals surface area contributed by atoms with E-state index in [1.54, 1.807) is 0 Å². The fourth-order valence-electron chi connectivity index (χ4n) is 2.29. The van der Waals surface area contributed by atoms with Crippen LogP contribution in [0.5, 0.6) is 0 Å². The van der Waals surface area contributed by atoms with Crippen LogP contribution in [0.3, 0.4) is 0 Å². The first kappa shape index (κ1) is 14.3. The molecule has 0 bridgehead atoms. The summed E-state index contributed by atoms with van der Waals surface area (Å²) in [6.45, 7) is 16.4. The van der Waals surface area contributed by atoms with Gasteiger partial charge in [-0.15, -0.1) is 0 Å². The van der Waals surface area contributed by atoms with Crippen LogP contribution in [0, 0.1) is 6.92 Å². The maximum atomic E-state index is 6.06. The Morgan fingerprint density at radius 3 is 2.05 bits per heavy atom. The minimum Gasteiger partial charge on any atom is -0.339 e. The van der Waals surface area contributed by atoms with Crippen LogP contribution in [0.2, 0.25) is 0 Å². The molecule has 0 unspecified atom stereocenters. The molecule has 0 saturated carbocycles. The summed E-state index contributed by atoms with van der Waals surface area (Å²) in [4.78, 5) is 0. The van der Waals surface area contributed by atoms with E-state index in [1.165, 1.54) is 11.1 Å². The second-order valence-corrected chi connectivity index (χ2v) is 6.44. The molecule has 1 aliphatic rings. The molecule has 2 heteroatoms.